The number of carbonyl (C=O) groups is 1. The molecule has 0 radical (unpaired) electrons. The van der Waals surface area contributed by atoms with Gasteiger partial charge in [0.1, 0.15) is 6.04 Å². The first-order valence-corrected chi connectivity index (χ1v) is 5.95. The lowest BCUT2D eigenvalue weighted by molar-refractivity contribution is -0.122. The predicted octanol–water partition coefficient (Wildman–Crippen LogP) is 0.838. The maximum atomic E-state index is 11.6. The van der Waals surface area contributed by atoms with Crippen LogP contribution in [0.2, 0.25) is 0 Å². The van der Waals surface area contributed by atoms with Crippen LogP contribution in [0.3, 0.4) is 0 Å². The van der Waals surface area contributed by atoms with Crippen LogP contribution in [0.1, 0.15) is 13.8 Å². The summed E-state index contributed by atoms with van der Waals surface area (Å²) in [6.07, 6.45) is 3.59. The van der Waals surface area contributed by atoms with Gasteiger partial charge < -0.3 is 15.5 Å². The van der Waals surface area contributed by atoms with E-state index in [9.17, 15) is 4.79 Å². The van der Waals surface area contributed by atoms with Gasteiger partial charge in [0.2, 0.25) is 5.91 Å². The van der Waals surface area contributed by atoms with E-state index in [0.29, 0.717) is 6.54 Å². The van der Waals surface area contributed by atoms with Gasteiger partial charge in [-0.1, -0.05) is 0 Å². The van der Waals surface area contributed by atoms with E-state index in [-0.39, 0.29) is 11.9 Å². The molecule has 1 aliphatic heterocycles. The molecule has 2 heterocycles. The molecule has 1 aromatic rings. The van der Waals surface area contributed by atoms with Crippen LogP contribution >= 0.6 is 0 Å². The van der Waals surface area contributed by atoms with Gasteiger partial charge in [0, 0.05) is 19.6 Å². The molecule has 1 saturated heterocycles. The van der Waals surface area contributed by atoms with Gasteiger partial charge in [0.25, 0.3) is 0 Å². The number of pyridine rings is 1. The number of hydrogen-bond acceptors (Lipinski definition) is 4. The van der Waals surface area contributed by atoms with Crippen molar-refractivity contribution >= 4 is 17.3 Å². The minimum atomic E-state index is -0.137. The van der Waals surface area contributed by atoms with Crippen LogP contribution in [0.25, 0.3) is 0 Å². The third-order valence-corrected chi connectivity index (χ3v) is 2.94. The smallest absolute Gasteiger partial charge is 0.242 e. The average Bonchev–Trinajstić information content (AvgIpc) is 2.33. The number of rotatable bonds is 3. The molecular formula is C12H18N4O. The molecular weight excluding hydrogens is 216 g/mol. The van der Waals surface area contributed by atoms with Gasteiger partial charge in [-0.3, -0.25) is 9.78 Å². The average molecular weight is 234 g/mol. The molecule has 0 aromatic carbocycles. The van der Waals surface area contributed by atoms with Gasteiger partial charge in [-0.2, -0.15) is 0 Å². The van der Waals surface area contributed by atoms with Crippen molar-refractivity contribution in [2.45, 2.75) is 19.9 Å². The van der Waals surface area contributed by atoms with Gasteiger partial charge in [-0.25, -0.2) is 0 Å². The Hall–Kier alpha value is -1.78. The van der Waals surface area contributed by atoms with Crippen molar-refractivity contribution in [3.63, 3.8) is 0 Å². The summed E-state index contributed by atoms with van der Waals surface area (Å²) in [4.78, 5) is 17.9. The molecule has 1 atom stereocenters. The van der Waals surface area contributed by atoms with Crippen LogP contribution in [-0.2, 0) is 4.79 Å². The molecule has 0 saturated carbocycles. The number of carbonyl (C=O) groups excluding carboxylic acids is 1. The maximum Gasteiger partial charge on any atom is 0.242 e. The molecule has 1 aromatic heterocycles. The molecule has 0 spiro atoms. The van der Waals surface area contributed by atoms with Gasteiger partial charge >= 0.3 is 0 Å². The zero-order valence-corrected chi connectivity index (χ0v) is 10.2. The van der Waals surface area contributed by atoms with E-state index in [1.54, 1.807) is 12.4 Å². The Morgan fingerprint density at radius 1 is 1.59 bits per heavy atom. The van der Waals surface area contributed by atoms with Crippen LogP contribution < -0.4 is 15.5 Å². The topological polar surface area (TPSA) is 57.3 Å². The van der Waals surface area contributed by atoms with Gasteiger partial charge in [-0.15, -0.1) is 0 Å². The number of anilines is 2. The molecule has 0 bridgehead atoms. The number of nitrogens with zero attached hydrogens (tertiary/aromatic N) is 2. The monoisotopic (exact) mass is 234 g/mol. The first kappa shape index (κ1) is 11.7. The van der Waals surface area contributed by atoms with E-state index in [0.717, 1.165) is 24.5 Å². The Morgan fingerprint density at radius 2 is 2.41 bits per heavy atom. The number of nitrogens with one attached hydrogen (secondary N) is 2. The van der Waals surface area contributed by atoms with Crippen molar-refractivity contribution in [1.29, 1.82) is 0 Å². The standard InChI is InChI=1S/C12H18N4O/c1-3-14-10-6-11(8-13-7-10)16-5-4-15-12(17)9(16)2/h6-9,14H,3-5H2,1-2H3,(H,15,17). The summed E-state index contributed by atoms with van der Waals surface area (Å²) < 4.78 is 0. The molecule has 2 N–H and O–H groups in total. The molecule has 2 rings (SSSR count). The van der Waals surface area contributed by atoms with E-state index in [1.165, 1.54) is 0 Å². The summed E-state index contributed by atoms with van der Waals surface area (Å²) in [5.74, 6) is 0.0742. The minimum absolute atomic E-state index is 0.0742. The Labute approximate surface area is 101 Å². The Morgan fingerprint density at radius 3 is 3.18 bits per heavy atom. The normalized spacial score (nSPS) is 20.0. The number of piperazine rings is 1. The zero-order valence-electron chi connectivity index (χ0n) is 10.2. The van der Waals surface area contributed by atoms with Crippen LogP contribution in [0.4, 0.5) is 11.4 Å². The Balaban J connectivity index is 2.20. The summed E-state index contributed by atoms with van der Waals surface area (Å²) in [5.41, 5.74) is 1.98. The summed E-state index contributed by atoms with van der Waals surface area (Å²) in [5, 5.41) is 6.08. The van der Waals surface area contributed by atoms with Crippen LogP contribution in [0, 0.1) is 0 Å². The second kappa shape index (κ2) is 5.03. The highest BCUT2D eigenvalue weighted by Crippen LogP contribution is 2.21. The second-order valence-electron chi connectivity index (χ2n) is 4.12. The van der Waals surface area contributed by atoms with Crippen molar-refractivity contribution in [2.75, 3.05) is 29.9 Å². The van der Waals surface area contributed by atoms with E-state index in [2.05, 4.69) is 20.5 Å². The SMILES string of the molecule is CCNc1cncc(N2CCNC(=O)C2C)c1. The van der Waals surface area contributed by atoms with Gasteiger partial charge in [0.15, 0.2) is 0 Å². The summed E-state index contributed by atoms with van der Waals surface area (Å²) >= 11 is 0. The summed E-state index contributed by atoms with van der Waals surface area (Å²) in [6.45, 7) is 6.33. The van der Waals surface area contributed by atoms with Gasteiger partial charge in [-0.05, 0) is 19.9 Å². The first-order valence-electron chi connectivity index (χ1n) is 5.95. The Kier molecular flexibility index (Phi) is 3.46. The van der Waals surface area contributed by atoms with Crippen molar-refractivity contribution in [3.05, 3.63) is 18.5 Å². The highest BCUT2D eigenvalue weighted by atomic mass is 16.2. The van der Waals surface area contributed by atoms with E-state index < -0.39 is 0 Å². The van der Waals surface area contributed by atoms with Gasteiger partial charge in [0.05, 0.1) is 23.8 Å². The highest BCUT2D eigenvalue weighted by molar-refractivity contribution is 5.86. The number of amides is 1. The van der Waals surface area contributed by atoms with Crippen molar-refractivity contribution in [1.82, 2.24) is 10.3 Å². The first-order chi connectivity index (χ1) is 8.22. The third-order valence-electron chi connectivity index (χ3n) is 2.94. The molecule has 5 nitrogen and oxygen atoms in total. The fraction of sp³-hybridized carbons (Fsp3) is 0.500. The van der Waals surface area contributed by atoms with E-state index in [1.807, 2.05) is 19.9 Å². The molecule has 5 heteroatoms. The Bertz CT molecular complexity index is 407. The van der Waals surface area contributed by atoms with Crippen LogP contribution in [0.15, 0.2) is 18.5 Å². The lowest BCUT2D eigenvalue weighted by Gasteiger charge is -2.34. The van der Waals surface area contributed by atoms with Crippen molar-refractivity contribution in [3.8, 4) is 0 Å². The molecule has 0 aliphatic carbocycles. The zero-order chi connectivity index (χ0) is 12.3. The molecule has 1 aliphatic rings. The van der Waals surface area contributed by atoms with Crippen LogP contribution in [-0.4, -0.2) is 36.6 Å². The molecule has 17 heavy (non-hydrogen) atoms. The van der Waals surface area contributed by atoms with E-state index in [4.69, 9.17) is 0 Å². The molecule has 92 valence electrons. The maximum absolute atomic E-state index is 11.6. The second-order valence-corrected chi connectivity index (χ2v) is 4.12. The fourth-order valence-corrected chi connectivity index (χ4v) is 2.02. The van der Waals surface area contributed by atoms with Crippen molar-refractivity contribution in [2.24, 2.45) is 0 Å². The fourth-order valence-electron chi connectivity index (χ4n) is 2.02. The third kappa shape index (κ3) is 2.49. The molecule has 1 fully saturated rings. The largest absolute Gasteiger partial charge is 0.384 e. The summed E-state index contributed by atoms with van der Waals surface area (Å²) in [6, 6.07) is 1.90. The minimum Gasteiger partial charge on any atom is -0.384 e. The van der Waals surface area contributed by atoms with Crippen molar-refractivity contribution < 1.29 is 4.79 Å². The lowest BCUT2D eigenvalue weighted by atomic mass is 10.2. The summed E-state index contributed by atoms with van der Waals surface area (Å²) in [7, 11) is 0. The number of aromatic nitrogens is 1. The number of hydrogen-bond donors (Lipinski definition) is 2. The predicted molar refractivity (Wildman–Crippen MR) is 68.2 cm³/mol. The quantitative estimate of drug-likeness (QED) is 0.813. The lowest BCUT2D eigenvalue weighted by Crippen LogP contribution is -2.54. The molecule has 1 unspecified atom stereocenters. The molecule has 1 amide bonds. The van der Waals surface area contributed by atoms with Crippen LogP contribution in [0.5, 0.6) is 0 Å². The highest BCUT2D eigenvalue weighted by Gasteiger charge is 2.25. The van der Waals surface area contributed by atoms with E-state index >= 15 is 0 Å².